The maximum absolute atomic E-state index is 11.9. The average Bonchev–Trinajstić information content (AvgIpc) is 3.74. The number of hydrogen-bond donors (Lipinski definition) is 2. The minimum Gasteiger partial charge on any atom is -0.344 e. The molecule has 0 aromatic rings. The summed E-state index contributed by atoms with van der Waals surface area (Å²) in [4.78, 5) is 9.75. The SMILES string of the molecule is CCCCC/C=C\C/C=C\CCCCCCCCC1(CCCCCCCC/C=C\C/C=C\CCCCC)CC2(C1)O[C@H]1CC(CCCOP(=O)(O)OCCN)C[C@H]1O2. The molecule has 3 aliphatic rings. The zero-order valence-corrected chi connectivity index (χ0v) is 38.5. The van der Waals surface area contributed by atoms with Crippen LogP contribution in [0.2, 0.25) is 0 Å². The first-order valence-electron chi connectivity index (χ1n) is 24.6. The van der Waals surface area contributed by atoms with Crippen molar-refractivity contribution in [1.29, 1.82) is 0 Å². The molecule has 1 heterocycles. The van der Waals surface area contributed by atoms with Gasteiger partial charge in [-0.25, -0.2) is 4.57 Å². The third-order valence-corrected chi connectivity index (χ3v) is 13.8. The fraction of sp³-hybridized carbons (Fsp3) is 0.840. The summed E-state index contributed by atoms with van der Waals surface area (Å²) in [7, 11) is -4.00. The van der Waals surface area contributed by atoms with Crippen LogP contribution in [-0.4, -0.2) is 42.6 Å². The molecule has 0 aromatic carbocycles. The van der Waals surface area contributed by atoms with Crippen LogP contribution in [0.25, 0.3) is 0 Å². The zero-order chi connectivity index (χ0) is 41.5. The summed E-state index contributed by atoms with van der Waals surface area (Å²) in [5.41, 5.74) is 5.75. The highest BCUT2D eigenvalue weighted by molar-refractivity contribution is 7.47. The molecule has 7 nitrogen and oxygen atoms in total. The molecule has 336 valence electrons. The minimum atomic E-state index is -4.00. The summed E-state index contributed by atoms with van der Waals surface area (Å²) < 4.78 is 35.4. The van der Waals surface area contributed by atoms with Gasteiger partial charge in [-0.2, -0.15) is 0 Å². The molecular weight excluding hydrogens is 742 g/mol. The van der Waals surface area contributed by atoms with Crippen molar-refractivity contribution < 1.29 is 28.0 Å². The molecule has 58 heavy (non-hydrogen) atoms. The van der Waals surface area contributed by atoms with Crippen molar-refractivity contribution in [1.82, 2.24) is 0 Å². The molecule has 3 rings (SSSR count). The Hall–Kier alpha value is -1.05. The average molecular weight is 832 g/mol. The van der Waals surface area contributed by atoms with Gasteiger partial charge in [0.05, 0.1) is 25.4 Å². The van der Waals surface area contributed by atoms with Crippen molar-refractivity contribution in [3.05, 3.63) is 48.6 Å². The number of fused-ring (bicyclic) bond motifs is 1. The Kier molecular flexibility index (Phi) is 28.1. The van der Waals surface area contributed by atoms with E-state index in [1.54, 1.807) is 0 Å². The highest BCUT2D eigenvalue weighted by Gasteiger charge is 2.62. The lowest BCUT2D eigenvalue weighted by molar-refractivity contribution is -0.281. The molecule has 0 bridgehead atoms. The van der Waals surface area contributed by atoms with Crippen LogP contribution in [-0.2, 0) is 23.1 Å². The van der Waals surface area contributed by atoms with Gasteiger partial charge in [0.1, 0.15) is 0 Å². The molecule has 0 radical (unpaired) electrons. The molecule has 2 aliphatic carbocycles. The van der Waals surface area contributed by atoms with Crippen LogP contribution in [0.1, 0.15) is 219 Å². The summed E-state index contributed by atoms with van der Waals surface area (Å²) in [6, 6.07) is 0. The summed E-state index contributed by atoms with van der Waals surface area (Å²) in [6.45, 7) is 4.95. The molecule has 2 unspecified atom stereocenters. The number of allylic oxidation sites excluding steroid dienone is 8. The van der Waals surface area contributed by atoms with E-state index in [2.05, 4.69) is 62.5 Å². The van der Waals surface area contributed by atoms with E-state index in [0.717, 1.165) is 51.4 Å². The predicted octanol–water partition coefficient (Wildman–Crippen LogP) is 14.9. The lowest BCUT2D eigenvalue weighted by Crippen LogP contribution is -2.53. The number of phosphoric ester groups is 1. The van der Waals surface area contributed by atoms with Gasteiger partial charge in [-0.15, -0.1) is 0 Å². The maximum Gasteiger partial charge on any atom is 0.472 e. The summed E-state index contributed by atoms with van der Waals surface area (Å²) in [5, 5.41) is 0. The molecular formula is C50H90NO6P. The van der Waals surface area contributed by atoms with Gasteiger partial charge in [-0.1, -0.05) is 152 Å². The molecule has 8 heteroatoms. The van der Waals surface area contributed by atoms with Gasteiger partial charge < -0.3 is 20.1 Å². The number of rotatable bonds is 38. The van der Waals surface area contributed by atoms with E-state index in [9.17, 15) is 9.46 Å². The van der Waals surface area contributed by atoms with Crippen molar-refractivity contribution in [2.24, 2.45) is 17.1 Å². The van der Waals surface area contributed by atoms with Crippen molar-refractivity contribution in [3.63, 3.8) is 0 Å². The second-order valence-electron chi connectivity index (χ2n) is 18.1. The van der Waals surface area contributed by atoms with E-state index in [4.69, 9.17) is 24.3 Å². The van der Waals surface area contributed by atoms with Crippen molar-refractivity contribution >= 4 is 7.82 Å². The quantitative estimate of drug-likeness (QED) is 0.0363. The standard InChI is InChI=1S/C50H90NO6P/c1-3-5-7-9-11-13-15-17-19-21-23-25-27-29-31-33-37-49(38-34-32-30-28-26-24-22-20-18-16-14-12-10-8-6-4-2)44-50(45-49)56-47-42-46(43-48(47)57-50)36-35-40-54-58(52,53)55-41-39-51/h11-14,17-20,46-48H,3-10,15-16,21-45,51H2,1-2H3,(H,52,53)/b13-11-,14-12-,19-17-,20-18-/t46?,47-,48+. The Morgan fingerprint density at radius 2 is 1.00 bits per heavy atom. The molecule has 2 saturated carbocycles. The second-order valence-corrected chi connectivity index (χ2v) is 19.6. The Morgan fingerprint density at radius 3 is 1.45 bits per heavy atom. The Bertz CT molecular complexity index is 1110. The van der Waals surface area contributed by atoms with E-state index in [-0.39, 0.29) is 37.8 Å². The first-order valence-corrected chi connectivity index (χ1v) is 26.1. The van der Waals surface area contributed by atoms with E-state index < -0.39 is 7.82 Å². The summed E-state index contributed by atoms with van der Waals surface area (Å²) in [6.07, 6.45) is 58.8. The number of nitrogens with two attached hydrogens (primary N) is 1. The first-order chi connectivity index (χ1) is 28.3. The van der Waals surface area contributed by atoms with Gasteiger partial charge in [0.2, 0.25) is 0 Å². The Balaban J connectivity index is 1.31. The fourth-order valence-electron chi connectivity index (χ4n) is 9.59. The lowest BCUT2D eigenvalue weighted by Gasteiger charge is -2.54. The van der Waals surface area contributed by atoms with E-state index in [0.29, 0.717) is 11.3 Å². The molecule has 3 N–H and O–H groups in total. The monoisotopic (exact) mass is 832 g/mol. The van der Waals surface area contributed by atoms with Gasteiger partial charge >= 0.3 is 7.82 Å². The van der Waals surface area contributed by atoms with E-state index >= 15 is 0 Å². The van der Waals surface area contributed by atoms with Gasteiger partial charge in [0.15, 0.2) is 5.79 Å². The van der Waals surface area contributed by atoms with Crippen LogP contribution in [0.4, 0.5) is 0 Å². The third kappa shape index (κ3) is 22.7. The number of phosphoric acid groups is 1. The van der Waals surface area contributed by atoms with E-state index in [1.165, 1.54) is 154 Å². The molecule has 3 fully saturated rings. The van der Waals surface area contributed by atoms with Crippen molar-refractivity contribution in [2.45, 2.75) is 237 Å². The maximum atomic E-state index is 11.9. The van der Waals surface area contributed by atoms with Gasteiger partial charge in [0, 0.05) is 19.4 Å². The predicted molar refractivity (Wildman–Crippen MR) is 245 cm³/mol. The molecule has 1 saturated heterocycles. The van der Waals surface area contributed by atoms with Crippen LogP contribution >= 0.6 is 7.82 Å². The van der Waals surface area contributed by atoms with Crippen molar-refractivity contribution in [2.75, 3.05) is 19.8 Å². The Morgan fingerprint density at radius 1 is 0.586 bits per heavy atom. The van der Waals surface area contributed by atoms with Crippen LogP contribution in [0.3, 0.4) is 0 Å². The van der Waals surface area contributed by atoms with Crippen LogP contribution in [0.15, 0.2) is 48.6 Å². The van der Waals surface area contributed by atoms with E-state index in [1.807, 2.05) is 0 Å². The first kappa shape index (κ1) is 51.3. The smallest absolute Gasteiger partial charge is 0.344 e. The number of unbranched alkanes of at least 4 members (excludes halogenated alkanes) is 18. The van der Waals surface area contributed by atoms with Crippen LogP contribution in [0.5, 0.6) is 0 Å². The highest BCUT2D eigenvalue weighted by Crippen LogP contribution is 2.61. The van der Waals surface area contributed by atoms with Gasteiger partial charge in [-0.3, -0.25) is 9.05 Å². The molecule has 4 atom stereocenters. The second kappa shape index (κ2) is 31.7. The lowest BCUT2D eigenvalue weighted by atomic mass is 9.59. The highest BCUT2D eigenvalue weighted by atomic mass is 31.2. The van der Waals surface area contributed by atoms with Crippen molar-refractivity contribution in [3.8, 4) is 0 Å². The molecule has 0 amide bonds. The molecule has 0 aromatic heterocycles. The largest absolute Gasteiger partial charge is 0.472 e. The zero-order valence-electron chi connectivity index (χ0n) is 37.6. The van der Waals surface area contributed by atoms with Crippen LogP contribution < -0.4 is 5.73 Å². The summed E-state index contributed by atoms with van der Waals surface area (Å²) in [5.74, 6) is 0.143. The molecule has 1 spiro atoms. The number of hydrogen-bond acceptors (Lipinski definition) is 6. The van der Waals surface area contributed by atoms with Crippen LogP contribution in [0, 0.1) is 11.3 Å². The van der Waals surface area contributed by atoms with Gasteiger partial charge in [-0.05, 0) is 114 Å². The fourth-order valence-corrected chi connectivity index (χ4v) is 10.4. The van der Waals surface area contributed by atoms with Gasteiger partial charge in [0.25, 0.3) is 0 Å². The topological polar surface area (TPSA) is 100 Å². The number of ether oxygens (including phenoxy) is 2. The summed E-state index contributed by atoms with van der Waals surface area (Å²) >= 11 is 0. The third-order valence-electron chi connectivity index (χ3n) is 12.8. The minimum absolute atomic E-state index is 0.0178. The Labute approximate surface area is 357 Å². The molecule has 1 aliphatic heterocycles. The normalized spacial score (nSPS) is 22.3.